The highest BCUT2D eigenvalue weighted by molar-refractivity contribution is 5.80. The molecule has 2 bridgehead atoms. The van der Waals surface area contributed by atoms with Crippen LogP contribution in [0.4, 0.5) is 0 Å². The standard InChI is InChI=1S/C16H31N5O/c1-16(2)13(9-14(16)22-4)19-15(17-3)18-10-12-11-20-5-7-21(12)8-6-20/h12-14H,5-11H2,1-4H3,(H2,17,18,19). The lowest BCUT2D eigenvalue weighted by molar-refractivity contribution is -0.0923. The Morgan fingerprint density at radius 2 is 2.00 bits per heavy atom. The first-order valence-electron chi connectivity index (χ1n) is 8.51. The van der Waals surface area contributed by atoms with Crippen molar-refractivity contribution in [1.82, 2.24) is 20.4 Å². The molecule has 3 atom stereocenters. The van der Waals surface area contributed by atoms with Gasteiger partial charge in [0, 0.05) is 70.9 Å². The van der Waals surface area contributed by atoms with E-state index in [2.05, 4.69) is 39.3 Å². The van der Waals surface area contributed by atoms with Crippen LogP contribution >= 0.6 is 0 Å². The van der Waals surface area contributed by atoms with Gasteiger partial charge >= 0.3 is 0 Å². The number of aliphatic imine (C=N–C) groups is 1. The average Bonchev–Trinajstić information content (AvgIpc) is 2.54. The SMILES string of the molecule is CN=C(NCC1CN2CCN1CC2)NC1CC(OC)C1(C)C. The second-order valence-corrected chi connectivity index (χ2v) is 7.42. The van der Waals surface area contributed by atoms with Gasteiger partial charge < -0.3 is 15.4 Å². The fourth-order valence-corrected chi connectivity index (χ4v) is 4.02. The molecule has 3 saturated heterocycles. The van der Waals surface area contributed by atoms with E-state index >= 15 is 0 Å². The smallest absolute Gasteiger partial charge is 0.191 e. The maximum absolute atomic E-state index is 5.52. The first-order chi connectivity index (χ1) is 10.5. The quantitative estimate of drug-likeness (QED) is 0.564. The summed E-state index contributed by atoms with van der Waals surface area (Å²) in [6, 6.07) is 1.04. The van der Waals surface area contributed by atoms with Gasteiger partial charge in [0.25, 0.3) is 0 Å². The molecule has 4 fully saturated rings. The molecule has 0 aromatic rings. The van der Waals surface area contributed by atoms with Gasteiger partial charge in [-0.15, -0.1) is 0 Å². The van der Waals surface area contributed by atoms with E-state index in [1.165, 1.54) is 32.7 Å². The molecule has 0 radical (unpaired) electrons. The highest BCUT2D eigenvalue weighted by Crippen LogP contribution is 2.42. The number of hydrogen-bond acceptors (Lipinski definition) is 4. The molecule has 3 unspecified atom stereocenters. The molecule has 0 amide bonds. The van der Waals surface area contributed by atoms with Crippen molar-refractivity contribution in [2.75, 3.05) is 53.4 Å². The Balaban J connectivity index is 1.47. The van der Waals surface area contributed by atoms with Gasteiger partial charge in [0.15, 0.2) is 5.96 Å². The Hall–Kier alpha value is -0.850. The van der Waals surface area contributed by atoms with Gasteiger partial charge in [0.1, 0.15) is 0 Å². The molecule has 4 aliphatic rings. The fourth-order valence-electron chi connectivity index (χ4n) is 4.02. The first-order valence-corrected chi connectivity index (χ1v) is 8.51. The number of fused-ring (bicyclic) bond motifs is 3. The molecule has 3 heterocycles. The zero-order valence-electron chi connectivity index (χ0n) is 14.4. The zero-order valence-corrected chi connectivity index (χ0v) is 14.4. The van der Waals surface area contributed by atoms with Crippen LogP contribution in [-0.4, -0.2) is 87.4 Å². The monoisotopic (exact) mass is 309 g/mol. The van der Waals surface area contributed by atoms with E-state index in [0.29, 0.717) is 18.2 Å². The highest BCUT2D eigenvalue weighted by atomic mass is 16.5. The van der Waals surface area contributed by atoms with Crippen LogP contribution in [0, 0.1) is 5.41 Å². The Kier molecular flexibility index (Phi) is 4.61. The summed E-state index contributed by atoms with van der Waals surface area (Å²) in [7, 11) is 3.66. The Bertz CT molecular complexity index is 417. The molecule has 6 nitrogen and oxygen atoms in total. The minimum absolute atomic E-state index is 0.158. The third kappa shape index (κ3) is 2.96. The molecule has 126 valence electrons. The van der Waals surface area contributed by atoms with Crippen molar-refractivity contribution < 1.29 is 4.74 Å². The highest BCUT2D eigenvalue weighted by Gasteiger charge is 2.49. The van der Waals surface area contributed by atoms with Crippen LogP contribution in [-0.2, 0) is 4.74 Å². The van der Waals surface area contributed by atoms with Gasteiger partial charge in [-0.1, -0.05) is 13.8 Å². The van der Waals surface area contributed by atoms with Gasteiger partial charge in [-0.05, 0) is 6.42 Å². The molecular weight excluding hydrogens is 278 g/mol. The maximum Gasteiger partial charge on any atom is 0.191 e. The molecule has 0 aromatic heterocycles. The van der Waals surface area contributed by atoms with Crippen molar-refractivity contribution in [2.24, 2.45) is 10.4 Å². The van der Waals surface area contributed by atoms with Crippen LogP contribution in [0.5, 0.6) is 0 Å². The third-order valence-electron chi connectivity index (χ3n) is 5.89. The number of guanidine groups is 1. The molecule has 0 aromatic carbocycles. The van der Waals surface area contributed by atoms with E-state index in [4.69, 9.17) is 4.74 Å². The predicted molar refractivity (Wildman–Crippen MR) is 89.3 cm³/mol. The number of methoxy groups -OCH3 is 1. The third-order valence-corrected chi connectivity index (χ3v) is 5.89. The van der Waals surface area contributed by atoms with E-state index in [9.17, 15) is 0 Å². The molecule has 1 saturated carbocycles. The molecule has 22 heavy (non-hydrogen) atoms. The van der Waals surface area contributed by atoms with Crippen molar-refractivity contribution in [1.29, 1.82) is 0 Å². The van der Waals surface area contributed by atoms with Gasteiger partial charge in [-0.2, -0.15) is 0 Å². The largest absolute Gasteiger partial charge is 0.381 e. The minimum Gasteiger partial charge on any atom is -0.381 e. The van der Waals surface area contributed by atoms with Gasteiger partial charge in [-0.3, -0.25) is 14.8 Å². The van der Waals surface area contributed by atoms with Crippen LogP contribution in [0.15, 0.2) is 4.99 Å². The Morgan fingerprint density at radius 1 is 1.27 bits per heavy atom. The summed E-state index contributed by atoms with van der Waals surface area (Å²) in [5, 5.41) is 7.09. The maximum atomic E-state index is 5.52. The van der Waals surface area contributed by atoms with Gasteiger partial charge in [0.05, 0.1) is 6.10 Å². The van der Waals surface area contributed by atoms with Crippen LogP contribution in [0.3, 0.4) is 0 Å². The Morgan fingerprint density at radius 3 is 2.50 bits per heavy atom. The predicted octanol–water partition coefficient (Wildman–Crippen LogP) is -0.0353. The van der Waals surface area contributed by atoms with Crippen molar-refractivity contribution in [3.8, 4) is 0 Å². The number of hydrogen-bond donors (Lipinski definition) is 2. The lowest BCUT2D eigenvalue weighted by Crippen LogP contribution is -2.66. The summed E-state index contributed by atoms with van der Waals surface area (Å²) in [5.74, 6) is 0.922. The normalized spacial score (nSPS) is 40.2. The molecule has 2 N–H and O–H groups in total. The van der Waals surface area contributed by atoms with Crippen LogP contribution in [0.25, 0.3) is 0 Å². The number of ether oxygens (including phenoxy) is 1. The van der Waals surface area contributed by atoms with Gasteiger partial charge in [-0.25, -0.2) is 0 Å². The van der Waals surface area contributed by atoms with Crippen molar-refractivity contribution in [3.63, 3.8) is 0 Å². The lowest BCUT2D eigenvalue weighted by Gasteiger charge is -2.51. The average molecular weight is 309 g/mol. The van der Waals surface area contributed by atoms with E-state index in [1.54, 1.807) is 7.11 Å². The number of rotatable bonds is 4. The molecule has 1 aliphatic carbocycles. The molecular formula is C16H31N5O. The minimum atomic E-state index is 0.158. The fraction of sp³-hybridized carbons (Fsp3) is 0.938. The first kappa shape index (κ1) is 16.0. The van der Waals surface area contributed by atoms with Crippen LogP contribution in [0.2, 0.25) is 0 Å². The molecule has 4 rings (SSSR count). The van der Waals surface area contributed by atoms with Gasteiger partial charge in [0.2, 0.25) is 0 Å². The second kappa shape index (κ2) is 6.34. The lowest BCUT2D eigenvalue weighted by atomic mass is 9.64. The van der Waals surface area contributed by atoms with E-state index in [-0.39, 0.29) is 5.41 Å². The number of piperazine rings is 3. The van der Waals surface area contributed by atoms with E-state index in [0.717, 1.165) is 18.9 Å². The van der Waals surface area contributed by atoms with E-state index in [1.807, 2.05) is 7.05 Å². The summed E-state index contributed by atoms with van der Waals surface area (Å²) in [5.41, 5.74) is 0.158. The van der Waals surface area contributed by atoms with Crippen molar-refractivity contribution in [3.05, 3.63) is 0 Å². The number of nitrogens with one attached hydrogen (secondary N) is 2. The topological polar surface area (TPSA) is 52.1 Å². The van der Waals surface area contributed by atoms with Crippen LogP contribution < -0.4 is 10.6 Å². The summed E-state index contributed by atoms with van der Waals surface area (Å²) >= 11 is 0. The summed E-state index contributed by atoms with van der Waals surface area (Å²) in [6.45, 7) is 11.6. The summed E-state index contributed by atoms with van der Waals surface area (Å²) in [4.78, 5) is 9.57. The van der Waals surface area contributed by atoms with E-state index < -0.39 is 0 Å². The van der Waals surface area contributed by atoms with Crippen molar-refractivity contribution in [2.45, 2.75) is 38.5 Å². The van der Waals surface area contributed by atoms with Crippen molar-refractivity contribution >= 4 is 5.96 Å². The zero-order chi connectivity index (χ0) is 15.7. The Labute approximate surface area is 134 Å². The summed E-state index contributed by atoms with van der Waals surface area (Å²) < 4.78 is 5.52. The molecule has 6 heteroatoms. The summed E-state index contributed by atoms with van der Waals surface area (Å²) in [6.07, 6.45) is 1.39. The molecule has 0 spiro atoms. The number of nitrogens with zero attached hydrogens (tertiary/aromatic N) is 3. The second-order valence-electron chi connectivity index (χ2n) is 7.42. The van der Waals surface area contributed by atoms with Crippen LogP contribution in [0.1, 0.15) is 20.3 Å². The molecule has 3 aliphatic heterocycles.